The molecule has 0 aromatic rings. The Morgan fingerprint density at radius 1 is 1.65 bits per heavy atom. The van der Waals surface area contributed by atoms with E-state index >= 15 is 0 Å². The molecule has 0 radical (unpaired) electrons. The molecule has 0 spiro atoms. The Labute approximate surface area is 103 Å². The molecule has 0 bridgehead atoms. The minimum Gasteiger partial charge on any atom is -0.389 e. The molecule has 3 N–H and O–H groups in total. The van der Waals surface area contributed by atoms with Gasteiger partial charge < -0.3 is 20.5 Å². The van der Waals surface area contributed by atoms with Gasteiger partial charge in [0.25, 0.3) is 0 Å². The highest BCUT2D eigenvalue weighted by Crippen LogP contribution is 2.45. The smallest absolute Gasteiger partial charge is 0.229 e. The molecule has 0 heterocycles. The van der Waals surface area contributed by atoms with Crippen LogP contribution in [0.1, 0.15) is 19.8 Å². The van der Waals surface area contributed by atoms with Gasteiger partial charge >= 0.3 is 0 Å². The molecule has 17 heavy (non-hydrogen) atoms. The van der Waals surface area contributed by atoms with E-state index in [1.807, 2.05) is 0 Å². The van der Waals surface area contributed by atoms with E-state index < -0.39 is 6.10 Å². The second kappa shape index (κ2) is 5.80. The number of nitrogens with zero attached hydrogens (tertiary/aromatic N) is 1. The zero-order chi connectivity index (χ0) is 13.1. The van der Waals surface area contributed by atoms with Crippen LogP contribution in [0.2, 0.25) is 0 Å². The molecular weight excluding hydrogens is 220 g/mol. The first kappa shape index (κ1) is 14.4. The topological polar surface area (TPSA) is 75.8 Å². The van der Waals surface area contributed by atoms with Crippen molar-refractivity contribution in [2.75, 3.05) is 33.9 Å². The van der Waals surface area contributed by atoms with Crippen LogP contribution in [-0.4, -0.2) is 55.9 Å². The zero-order valence-corrected chi connectivity index (χ0v) is 11.0. The van der Waals surface area contributed by atoms with Crippen LogP contribution in [-0.2, 0) is 9.53 Å². The van der Waals surface area contributed by atoms with Crippen LogP contribution in [0.5, 0.6) is 0 Å². The van der Waals surface area contributed by atoms with E-state index in [2.05, 4.69) is 6.92 Å². The third kappa shape index (κ3) is 3.18. The maximum atomic E-state index is 12.3. The number of hydrogen-bond acceptors (Lipinski definition) is 4. The molecule has 0 aliphatic heterocycles. The molecule has 5 heteroatoms. The van der Waals surface area contributed by atoms with Crippen LogP contribution in [0.3, 0.4) is 0 Å². The lowest BCUT2D eigenvalue weighted by Gasteiger charge is -2.46. The van der Waals surface area contributed by atoms with Crippen molar-refractivity contribution in [3.05, 3.63) is 0 Å². The number of carbonyl (C=O) groups is 1. The van der Waals surface area contributed by atoms with Crippen molar-refractivity contribution >= 4 is 5.91 Å². The number of aliphatic hydroxyl groups is 1. The molecule has 1 amide bonds. The summed E-state index contributed by atoms with van der Waals surface area (Å²) in [7, 11) is 3.24. The van der Waals surface area contributed by atoms with Crippen molar-refractivity contribution in [3.8, 4) is 0 Å². The van der Waals surface area contributed by atoms with Gasteiger partial charge in [0.05, 0.1) is 18.1 Å². The van der Waals surface area contributed by atoms with E-state index in [1.165, 1.54) is 7.11 Å². The maximum Gasteiger partial charge on any atom is 0.229 e. The molecule has 1 aliphatic carbocycles. The van der Waals surface area contributed by atoms with Gasteiger partial charge in [-0.15, -0.1) is 0 Å². The van der Waals surface area contributed by atoms with Gasteiger partial charge in [-0.3, -0.25) is 4.79 Å². The van der Waals surface area contributed by atoms with Gasteiger partial charge in [-0.05, 0) is 18.8 Å². The quantitative estimate of drug-likeness (QED) is 0.680. The number of amides is 1. The maximum absolute atomic E-state index is 12.3. The fraction of sp³-hybridized carbons (Fsp3) is 0.917. The SMILES string of the molecule is COCC(O)CN(C)C(=O)C1(CN)CC(C)C1. The van der Waals surface area contributed by atoms with E-state index in [0.29, 0.717) is 19.0 Å². The molecule has 0 saturated heterocycles. The van der Waals surface area contributed by atoms with Gasteiger partial charge in [0.1, 0.15) is 0 Å². The third-order valence-corrected chi connectivity index (χ3v) is 3.51. The predicted octanol–water partition coefficient (Wildman–Crippen LogP) is -0.173. The van der Waals surface area contributed by atoms with E-state index in [-0.39, 0.29) is 17.9 Å². The normalized spacial score (nSPS) is 29.6. The number of aliphatic hydroxyl groups excluding tert-OH is 1. The summed E-state index contributed by atoms with van der Waals surface area (Å²) in [6, 6.07) is 0. The number of ether oxygens (including phenoxy) is 1. The van der Waals surface area contributed by atoms with Crippen molar-refractivity contribution in [1.82, 2.24) is 4.90 Å². The molecular formula is C12H24N2O3. The largest absolute Gasteiger partial charge is 0.389 e. The van der Waals surface area contributed by atoms with Crippen molar-refractivity contribution in [2.45, 2.75) is 25.9 Å². The number of carbonyl (C=O) groups excluding carboxylic acids is 1. The Morgan fingerprint density at radius 2 is 2.24 bits per heavy atom. The van der Waals surface area contributed by atoms with Crippen LogP contribution in [0.4, 0.5) is 0 Å². The van der Waals surface area contributed by atoms with E-state index in [0.717, 1.165) is 12.8 Å². The number of nitrogens with two attached hydrogens (primary N) is 1. The number of hydrogen-bond donors (Lipinski definition) is 2. The first-order chi connectivity index (χ1) is 7.95. The Balaban J connectivity index is 2.51. The summed E-state index contributed by atoms with van der Waals surface area (Å²) >= 11 is 0. The standard InChI is InChI=1S/C12H24N2O3/c1-9-4-12(5-9,8-13)11(16)14(2)6-10(15)7-17-3/h9-10,15H,4-8,13H2,1-3H3. The molecule has 0 aromatic heterocycles. The van der Waals surface area contributed by atoms with E-state index in [4.69, 9.17) is 10.5 Å². The predicted molar refractivity (Wildman–Crippen MR) is 65.4 cm³/mol. The number of likely N-dealkylation sites (N-methyl/N-ethyl adjacent to an activating group) is 1. The first-order valence-electron chi connectivity index (χ1n) is 6.08. The van der Waals surface area contributed by atoms with Crippen LogP contribution in [0, 0.1) is 11.3 Å². The van der Waals surface area contributed by atoms with Crippen molar-refractivity contribution < 1.29 is 14.6 Å². The van der Waals surface area contributed by atoms with Gasteiger partial charge in [-0.2, -0.15) is 0 Å². The third-order valence-electron chi connectivity index (χ3n) is 3.51. The summed E-state index contributed by atoms with van der Waals surface area (Å²) in [5, 5.41) is 9.60. The van der Waals surface area contributed by atoms with E-state index in [1.54, 1.807) is 11.9 Å². The Morgan fingerprint density at radius 3 is 2.65 bits per heavy atom. The molecule has 1 saturated carbocycles. The molecule has 1 aliphatic rings. The summed E-state index contributed by atoms with van der Waals surface area (Å²) in [6.07, 6.45) is 1.07. The lowest BCUT2D eigenvalue weighted by atomic mass is 9.62. The first-order valence-corrected chi connectivity index (χ1v) is 6.08. The average Bonchev–Trinajstić information content (AvgIpc) is 2.23. The highest BCUT2D eigenvalue weighted by molar-refractivity contribution is 5.83. The second-order valence-corrected chi connectivity index (χ2v) is 5.29. The minimum absolute atomic E-state index is 0.0493. The van der Waals surface area contributed by atoms with E-state index in [9.17, 15) is 9.90 Å². The molecule has 1 rings (SSSR count). The highest BCUT2D eigenvalue weighted by Gasteiger charge is 2.48. The van der Waals surface area contributed by atoms with Gasteiger partial charge in [-0.25, -0.2) is 0 Å². The second-order valence-electron chi connectivity index (χ2n) is 5.29. The van der Waals surface area contributed by atoms with Crippen molar-refractivity contribution in [3.63, 3.8) is 0 Å². The van der Waals surface area contributed by atoms with Crippen LogP contribution in [0.25, 0.3) is 0 Å². The van der Waals surface area contributed by atoms with Crippen LogP contribution >= 0.6 is 0 Å². The average molecular weight is 244 g/mol. The summed E-state index contributed by atoms with van der Waals surface area (Å²) in [4.78, 5) is 13.8. The summed E-state index contributed by atoms with van der Waals surface area (Å²) in [6.45, 7) is 3.05. The number of methoxy groups -OCH3 is 1. The summed E-state index contributed by atoms with van der Waals surface area (Å²) < 4.78 is 4.84. The molecule has 5 nitrogen and oxygen atoms in total. The summed E-state index contributed by atoms with van der Waals surface area (Å²) in [5.74, 6) is 0.619. The van der Waals surface area contributed by atoms with Crippen molar-refractivity contribution in [2.24, 2.45) is 17.1 Å². The minimum atomic E-state index is -0.638. The monoisotopic (exact) mass is 244 g/mol. The van der Waals surface area contributed by atoms with Gasteiger partial charge in [0.15, 0.2) is 0 Å². The Bertz CT molecular complexity index is 264. The Hall–Kier alpha value is -0.650. The molecule has 100 valence electrons. The zero-order valence-electron chi connectivity index (χ0n) is 11.0. The lowest BCUT2D eigenvalue weighted by Crippen LogP contribution is -2.55. The van der Waals surface area contributed by atoms with Gasteiger partial charge in [0, 0.05) is 27.2 Å². The summed E-state index contributed by atoms with van der Waals surface area (Å²) in [5.41, 5.74) is 5.34. The fourth-order valence-electron chi connectivity index (χ4n) is 2.75. The van der Waals surface area contributed by atoms with Crippen LogP contribution in [0.15, 0.2) is 0 Å². The van der Waals surface area contributed by atoms with Gasteiger partial charge in [0.2, 0.25) is 5.91 Å². The van der Waals surface area contributed by atoms with Crippen LogP contribution < -0.4 is 5.73 Å². The molecule has 1 unspecified atom stereocenters. The number of rotatable bonds is 6. The highest BCUT2D eigenvalue weighted by atomic mass is 16.5. The van der Waals surface area contributed by atoms with Gasteiger partial charge in [-0.1, -0.05) is 6.92 Å². The molecule has 1 fully saturated rings. The molecule has 1 atom stereocenters. The van der Waals surface area contributed by atoms with Crippen molar-refractivity contribution in [1.29, 1.82) is 0 Å². The fourth-order valence-corrected chi connectivity index (χ4v) is 2.75. The molecule has 0 aromatic carbocycles. The Kier molecular flexibility index (Phi) is 4.91. The lowest BCUT2D eigenvalue weighted by molar-refractivity contribution is -0.149.